The summed E-state index contributed by atoms with van der Waals surface area (Å²) in [5.41, 5.74) is 4.97. The second kappa shape index (κ2) is 8.27. The van der Waals surface area contributed by atoms with E-state index >= 15 is 0 Å². The largest absolute Gasteiger partial charge is 0.359 e. The van der Waals surface area contributed by atoms with Gasteiger partial charge in [-0.1, -0.05) is 0 Å². The highest BCUT2D eigenvalue weighted by Crippen LogP contribution is 2.10. The minimum atomic E-state index is -0.343. The number of tetrazole rings is 2. The van der Waals surface area contributed by atoms with Gasteiger partial charge in [-0.2, -0.15) is 0 Å². The van der Waals surface area contributed by atoms with Gasteiger partial charge in [0.1, 0.15) is 12.7 Å². The highest BCUT2D eigenvalue weighted by molar-refractivity contribution is 7.80. The molecule has 0 atom stereocenters. The lowest BCUT2D eigenvalue weighted by Gasteiger charge is -2.26. The normalized spacial score (nSPS) is 11.7. The summed E-state index contributed by atoms with van der Waals surface area (Å²) in [5.74, 6) is 0. The zero-order valence-electron chi connectivity index (χ0n) is 15.0. The molecule has 12 nitrogen and oxygen atoms in total. The quantitative estimate of drug-likeness (QED) is 0.339. The lowest BCUT2D eigenvalue weighted by Crippen LogP contribution is -2.54. The number of aromatic nitrogens is 8. The third kappa shape index (κ3) is 5.52. The van der Waals surface area contributed by atoms with E-state index in [0.29, 0.717) is 23.3 Å². The molecule has 2 heterocycles. The molecule has 0 aliphatic carbocycles. The van der Waals surface area contributed by atoms with E-state index in [-0.39, 0.29) is 11.1 Å². The number of hydrogen-bond donors (Lipinski definition) is 4. The van der Waals surface area contributed by atoms with Crippen molar-refractivity contribution in [3.05, 3.63) is 12.7 Å². The SMILES string of the molecule is CC(C)(CNC(=S)NNC(=S)NCC(C)(C)n1cnnn1)n1cnnn1. The Morgan fingerprint density at radius 2 is 1.19 bits per heavy atom. The average Bonchev–Trinajstić information content (AvgIpc) is 3.30. The fourth-order valence-corrected chi connectivity index (χ4v) is 2.08. The van der Waals surface area contributed by atoms with Crippen molar-refractivity contribution >= 4 is 34.7 Å². The summed E-state index contributed by atoms with van der Waals surface area (Å²) in [7, 11) is 0. The molecule has 0 saturated carbocycles. The van der Waals surface area contributed by atoms with Crippen molar-refractivity contribution in [1.29, 1.82) is 0 Å². The molecule has 2 aromatic rings. The molecular weight excluding hydrogens is 376 g/mol. The van der Waals surface area contributed by atoms with E-state index in [4.69, 9.17) is 24.4 Å². The first-order valence-electron chi connectivity index (χ1n) is 7.75. The Balaban J connectivity index is 1.69. The summed E-state index contributed by atoms with van der Waals surface area (Å²) in [6.45, 7) is 8.99. The van der Waals surface area contributed by atoms with Crippen LogP contribution in [0.3, 0.4) is 0 Å². The first-order chi connectivity index (χ1) is 12.2. The molecule has 14 heteroatoms. The fraction of sp³-hybridized carbons (Fsp3) is 0.667. The lowest BCUT2D eigenvalue weighted by molar-refractivity contribution is 0.309. The van der Waals surface area contributed by atoms with Crippen LogP contribution in [0.25, 0.3) is 0 Å². The van der Waals surface area contributed by atoms with Crippen LogP contribution in [0, 0.1) is 0 Å². The molecular formula is C12H22N12S2. The molecule has 0 aliphatic heterocycles. The van der Waals surface area contributed by atoms with Crippen LogP contribution in [-0.4, -0.2) is 63.7 Å². The van der Waals surface area contributed by atoms with Gasteiger partial charge in [-0.25, -0.2) is 9.36 Å². The number of hydrogen-bond acceptors (Lipinski definition) is 8. The molecule has 0 spiro atoms. The van der Waals surface area contributed by atoms with E-state index in [1.165, 1.54) is 0 Å². The van der Waals surface area contributed by atoms with Gasteiger partial charge in [0, 0.05) is 13.1 Å². The van der Waals surface area contributed by atoms with Crippen molar-refractivity contribution in [1.82, 2.24) is 61.9 Å². The first-order valence-corrected chi connectivity index (χ1v) is 8.57. The van der Waals surface area contributed by atoms with Crippen molar-refractivity contribution in [2.45, 2.75) is 38.8 Å². The van der Waals surface area contributed by atoms with Crippen molar-refractivity contribution in [2.24, 2.45) is 0 Å². The number of thiocarbonyl (C=S) groups is 2. The van der Waals surface area contributed by atoms with Gasteiger partial charge >= 0.3 is 0 Å². The molecule has 2 rings (SSSR count). The second-order valence-corrected chi connectivity index (χ2v) is 7.57. The van der Waals surface area contributed by atoms with Crippen molar-refractivity contribution in [2.75, 3.05) is 13.1 Å². The third-order valence-corrected chi connectivity index (χ3v) is 4.08. The Bertz CT molecular complexity index is 646. The van der Waals surface area contributed by atoms with Crippen molar-refractivity contribution in [3.8, 4) is 0 Å². The van der Waals surface area contributed by atoms with Crippen molar-refractivity contribution < 1.29 is 0 Å². The molecule has 4 N–H and O–H groups in total. The summed E-state index contributed by atoms with van der Waals surface area (Å²) >= 11 is 10.5. The van der Waals surface area contributed by atoms with Gasteiger partial charge < -0.3 is 10.6 Å². The highest BCUT2D eigenvalue weighted by atomic mass is 32.1. The van der Waals surface area contributed by atoms with E-state index in [2.05, 4.69) is 52.5 Å². The van der Waals surface area contributed by atoms with E-state index in [0.717, 1.165) is 0 Å². The van der Waals surface area contributed by atoms with Crippen LogP contribution in [0.4, 0.5) is 0 Å². The van der Waals surface area contributed by atoms with Crippen LogP contribution in [0.2, 0.25) is 0 Å². The Kier molecular flexibility index (Phi) is 6.31. The van der Waals surface area contributed by atoms with Crippen LogP contribution in [0.1, 0.15) is 27.7 Å². The Morgan fingerprint density at radius 3 is 1.50 bits per heavy atom. The molecule has 0 radical (unpaired) electrons. The predicted octanol–water partition coefficient (Wildman–Crippen LogP) is -1.33. The summed E-state index contributed by atoms with van der Waals surface area (Å²) in [6.07, 6.45) is 3.11. The number of hydrazine groups is 1. The van der Waals surface area contributed by atoms with Crippen molar-refractivity contribution in [3.63, 3.8) is 0 Å². The molecule has 0 bridgehead atoms. The summed E-state index contributed by atoms with van der Waals surface area (Å²) in [4.78, 5) is 0. The summed E-state index contributed by atoms with van der Waals surface area (Å²) in [5, 5.41) is 29.3. The predicted molar refractivity (Wildman–Crippen MR) is 102 cm³/mol. The minimum Gasteiger partial charge on any atom is -0.359 e. The smallest absolute Gasteiger partial charge is 0.185 e. The first kappa shape index (κ1) is 19.8. The lowest BCUT2D eigenvalue weighted by atomic mass is 10.1. The maximum atomic E-state index is 5.23. The molecule has 0 saturated heterocycles. The maximum Gasteiger partial charge on any atom is 0.185 e. The number of nitrogens with zero attached hydrogens (tertiary/aromatic N) is 8. The molecule has 2 aromatic heterocycles. The van der Waals surface area contributed by atoms with Gasteiger partial charge in [-0.15, -0.1) is 10.2 Å². The minimum absolute atomic E-state index is 0.343. The van der Waals surface area contributed by atoms with Gasteiger partial charge in [0.15, 0.2) is 10.2 Å². The van der Waals surface area contributed by atoms with Crippen LogP contribution in [-0.2, 0) is 11.1 Å². The van der Waals surface area contributed by atoms with Crippen LogP contribution < -0.4 is 21.5 Å². The molecule has 0 aliphatic rings. The molecule has 26 heavy (non-hydrogen) atoms. The average molecular weight is 399 g/mol. The third-order valence-electron chi connectivity index (χ3n) is 3.59. The number of rotatable bonds is 6. The maximum absolute atomic E-state index is 5.23. The Morgan fingerprint density at radius 1 is 0.808 bits per heavy atom. The van der Waals surface area contributed by atoms with Crippen LogP contribution in [0.5, 0.6) is 0 Å². The fourth-order valence-electron chi connectivity index (χ4n) is 1.83. The van der Waals surface area contributed by atoms with Gasteiger partial charge in [-0.3, -0.25) is 10.9 Å². The second-order valence-electron chi connectivity index (χ2n) is 6.75. The van der Waals surface area contributed by atoms with Gasteiger partial charge in [0.05, 0.1) is 11.1 Å². The molecule has 0 amide bonds. The van der Waals surface area contributed by atoms with Crippen LogP contribution >= 0.6 is 24.4 Å². The standard InChI is InChI=1S/C12H22N12S2/c1-11(2,23-7-15-19-21-23)5-13-9(25)17-18-10(26)14-6-12(3,4)24-8-16-20-22-24/h7-8H,5-6H2,1-4H3,(H2,13,17,25)(H2,14,18,26). The molecule has 0 fully saturated rings. The van der Waals surface area contributed by atoms with Gasteiger partial charge in [-0.05, 0) is 73.0 Å². The van der Waals surface area contributed by atoms with E-state index in [9.17, 15) is 0 Å². The molecule has 0 aromatic carbocycles. The highest BCUT2D eigenvalue weighted by Gasteiger charge is 2.23. The zero-order chi connectivity index (χ0) is 19.2. The Hall–Kier alpha value is -2.48. The summed E-state index contributed by atoms with van der Waals surface area (Å²) in [6, 6.07) is 0. The summed E-state index contributed by atoms with van der Waals surface area (Å²) < 4.78 is 3.31. The van der Waals surface area contributed by atoms with Gasteiger partial charge in [0.25, 0.3) is 0 Å². The van der Waals surface area contributed by atoms with Crippen LogP contribution in [0.15, 0.2) is 12.7 Å². The number of nitrogens with one attached hydrogen (secondary N) is 4. The van der Waals surface area contributed by atoms with Gasteiger partial charge in [0.2, 0.25) is 0 Å². The monoisotopic (exact) mass is 398 g/mol. The topological polar surface area (TPSA) is 135 Å². The molecule has 142 valence electrons. The van der Waals surface area contributed by atoms with E-state index < -0.39 is 0 Å². The Labute approximate surface area is 161 Å². The van der Waals surface area contributed by atoms with E-state index in [1.807, 2.05) is 27.7 Å². The molecule has 0 unspecified atom stereocenters. The zero-order valence-corrected chi connectivity index (χ0v) is 16.6. The van der Waals surface area contributed by atoms with E-state index in [1.54, 1.807) is 22.0 Å².